The minimum absolute atomic E-state index is 0.297. The Morgan fingerprint density at radius 1 is 1.26 bits per heavy atom. The number of rotatable bonds is 4. The quantitative estimate of drug-likeness (QED) is 0.771. The van der Waals surface area contributed by atoms with E-state index < -0.39 is 21.7 Å². The lowest BCUT2D eigenvalue weighted by atomic mass is 10.2. The molecule has 0 aliphatic heterocycles. The molecule has 2 aromatic rings. The standard InChI is InChI=1S/C15H17F2N3OS2/c1-14(2,3)23(21)20-9-11-8-19-13(22-11)10-5-6-18-12(7-10)15(4,16)17/h5-9H,1-4H3/t23-/m1/s1. The second-order valence-corrected chi connectivity index (χ2v) is 8.98. The fraction of sp³-hybridized carbons (Fsp3) is 0.400. The molecule has 1 atom stereocenters. The number of hydrogen-bond donors (Lipinski definition) is 0. The Bertz CT molecular complexity index is 746. The van der Waals surface area contributed by atoms with Gasteiger partial charge in [-0.2, -0.15) is 13.2 Å². The molecule has 0 N–H and O–H groups in total. The minimum Gasteiger partial charge on any atom is -0.255 e. The highest BCUT2D eigenvalue weighted by atomic mass is 32.2. The van der Waals surface area contributed by atoms with Crippen LogP contribution in [0.4, 0.5) is 8.78 Å². The smallest absolute Gasteiger partial charge is 0.255 e. The predicted molar refractivity (Wildman–Crippen MR) is 90.4 cm³/mol. The van der Waals surface area contributed by atoms with Gasteiger partial charge in [-0.25, -0.2) is 9.19 Å². The molecule has 0 radical (unpaired) electrons. The number of nitrogens with zero attached hydrogens (tertiary/aromatic N) is 3. The molecule has 0 unspecified atom stereocenters. The maximum Gasteiger partial charge on any atom is 0.286 e. The van der Waals surface area contributed by atoms with Crippen LogP contribution in [0.3, 0.4) is 0 Å². The van der Waals surface area contributed by atoms with Crippen molar-refractivity contribution in [2.75, 3.05) is 0 Å². The molecule has 0 fully saturated rings. The van der Waals surface area contributed by atoms with E-state index in [1.54, 1.807) is 12.3 Å². The van der Waals surface area contributed by atoms with Crippen molar-refractivity contribution in [3.63, 3.8) is 0 Å². The van der Waals surface area contributed by atoms with Crippen molar-refractivity contribution >= 4 is 28.5 Å². The van der Waals surface area contributed by atoms with Crippen LogP contribution in [-0.2, 0) is 16.9 Å². The summed E-state index contributed by atoms with van der Waals surface area (Å²) < 4.78 is 42.1. The molecule has 2 rings (SSSR count). The first-order valence-electron chi connectivity index (χ1n) is 6.84. The molecule has 4 nitrogen and oxygen atoms in total. The Morgan fingerprint density at radius 2 is 1.96 bits per heavy atom. The van der Waals surface area contributed by atoms with Crippen LogP contribution in [0.1, 0.15) is 38.3 Å². The van der Waals surface area contributed by atoms with Gasteiger partial charge in [0, 0.05) is 24.9 Å². The maximum atomic E-state index is 13.3. The molecular formula is C15H17F2N3OS2. The Labute approximate surface area is 140 Å². The summed E-state index contributed by atoms with van der Waals surface area (Å²) in [4.78, 5) is 8.60. The van der Waals surface area contributed by atoms with E-state index in [0.29, 0.717) is 15.4 Å². The van der Waals surface area contributed by atoms with E-state index in [1.807, 2.05) is 20.8 Å². The molecule has 0 aliphatic carbocycles. The second-order valence-electron chi connectivity index (χ2n) is 5.98. The number of alkyl halides is 2. The number of thiazole rings is 1. The average molecular weight is 357 g/mol. The lowest BCUT2D eigenvalue weighted by molar-refractivity contribution is 0.0128. The molecule has 0 amide bonds. The van der Waals surface area contributed by atoms with Crippen LogP contribution in [0, 0.1) is 0 Å². The van der Waals surface area contributed by atoms with Gasteiger partial charge in [0.05, 0.1) is 15.8 Å². The largest absolute Gasteiger partial charge is 0.286 e. The average Bonchev–Trinajstić information content (AvgIpc) is 2.92. The van der Waals surface area contributed by atoms with Crippen molar-refractivity contribution in [1.29, 1.82) is 0 Å². The molecule has 0 aromatic carbocycles. The van der Waals surface area contributed by atoms with Gasteiger partial charge in [0.1, 0.15) is 21.7 Å². The summed E-state index contributed by atoms with van der Waals surface area (Å²) in [6, 6.07) is 2.95. The van der Waals surface area contributed by atoms with Gasteiger partial charge >= 0.3 is 0 Å². The van der Waals surface area contributed by atoms with Crippen molar-refractivity contribution in [3.05, 3.63) is 35.1 Å². The van der Waals surface area contributed by atoms with E-state index in [9.17, 15) is 13.0 Å². The molecule has 23 heavy (non-hydrogen) atoms. The highest BCUT2D eigenvalue weighted by Crippen LogP contribution is 2.30. The van der Waals surface area contributed by atoms with Gasteiger partial charge in [-0.05, 0) is 32.9 Å². The van der Waals surface area contributed by atoms with E-state index >= 15 is 0 Å². The number of hydrogen-bond acceptors (Lipinski definition) is 4. The molecule has 0 saturated carbocycles. The van der Waals surface area contributed by atoms with Crippen molar-refractivity contribution in [2.45, 2.75) is 38.4 Å². The van der Waals surface area contributed by atoms with Crippen molar-refractivity contribution in [1.82, 2.24) is 9.97 Å². The molecule has 2 aromatic heterocycles. The third-order valence-electron chi connectivity index (χ3n) is 2.78. The third-order valence-corrected chi connectivity index (χ3v) is 5.11. The van der Waals surface area contributed by atoms with E-state index in [2.05, 4.69) is 14.4 Å². The van der Waals surface area contributed by atoms with Crippen molar-refractivity contribution in [2.24, 2.45) is 4.40 Å². The van der Waals surface area contributed by atoms with Crippen LogP contribution in [0.5, 0.6) is 0 Å². The van der Waals surface area contributed by atoms with Crippen LogP contribution in [0.25, 0.3) is 10.6 Å². The molecule has 0 bridgehead atoms. The summed E-state index contributed by atoms with van der Waals surface area (Å²) in [5.41, 5.74) is 0.271. The van der Waals surface area contributed by atoms with E-state index in [0.717, 1.165) is 6.92 Å². The van der Waals surface area contributed by atoms with Gasteiger partial charge < -0.3 is 0 Å². The Hall–Kier alpha value is -1.54. The zero-order valence-electron chi connectivity index (χ0n) is 13.2. The summed E-state index contributed by atoms with van der Waals surface area (Å²) in [5, 5.41) is 0.584. The minimum atomic E-state index is -3.00. The lowest BCUT2D eigenvalue weighted by Crippen LogP contribution is -2.19. The van der Waals surface area contributed by atoms with Gasteiger partial charge in [0.15, 0.2) is 0 Å². The summed E-state index contributed by atoms with van der Waals surface area (Å²) in [6.45, 7) is 6.31. The first-order chi connectivity index (χ1) is 10.6. The fourth-order valence-corrected chi connectivity index (χ4v) is 2.92. The molecule has 8 heteroatoms. The monoisotopic (exact) mass is 357 g/mol. The summed E-state index contributed by atoms with van der Waals surface area (Å²) in [6.07, 6.45) is 4.42. The molecule has 2 heterocycles. The topological polar surface area (TPSA) is 55.2 Å². The maximum absolute atomic E-state index is 13.3. The van der Waals surface area contributed by atoms with Gasteiger partial charge in [-0.3, -0.25) is 4.98 Å². The highest BCUT2D eigenvalue weighted by Gasteiger charge is 2.26. The van der Waals surface area contributed by atoms with Gasteiger partial charge in [0.25, 0.3) is 5.92 Å². The second kappa shape index (κ2) is 6.52. The number of aromatic nitrogens is 2. The number of halogens is 2. The molecule has 0 spiro atoms. The lowest BCUT2D eigenvalue weighted by Gasteiger charge is -2.12. The molecule has 0 saturated heterocycles. The first-order valence-corrected chi connectivity index (χ1v) is 8.76. The van der Waals surface area contributed by atoms with Crippen molar-refractivity contribution in [3.8, 4) is 10.6 Å². The van der Waals surface area contributed by atoms with Gasteiger partial charge in [-0.1, -0.05) is 0 Å². The van der Waals surface area contributed by atoms with Crippen LogP contribution in [0.15, 0.2) is 28.9 Å². The highest BCUT2D eigenvalue weighted by molar-refractivity contribution is 7.85. The van der Waals surface area contributed by atoms with E-state index in [1.165, 1.54) is 29.8 Å². The van der Waals surface area contributed by atoms with Crippen LogP contribution in [-0.4, -0.2) is 25.1 Å². The van der Waals surface area contributed by atoms with Crippen LogP contribution < -0.4 is 0 Å². The number of pyridine rings is 1. The third kappa shape index (κ3) is 4.71. The Balaban J connectivity index is 2.23. The SMILES string of the molecule is CC(F)(F)c1cc(-c2ncc(C=N[S@](=O)C(C)(C)C)s2)ccn1. The normalized spacial score (nSPS) is 14.3. The summed E-state index contributed by atoms with van der Waals surface area (Å²) in [5.74, 6) is -3.00. The van der Waals surface area contributed by atoms with E-state index in [-0.39, 0.29) is 5.69 Å². The van der Waals surface area contributed by atoms with Crippen LogP contribution >= 0.6 is 11.3 Å². The van der Waals surface area contributed by atoms with Gasteiger partial charge in [0.2, 0.25) is 0 Å². The van der Waals surface area contributed by atoms with Crippen molar-refractivity contribution < 1.29 is 13.0 Å². The summed E-state index contributed by atoms with van der Waals surface area (Å²) in [7, 11) is -1.35. The summed E-state index contributed by atoms with van der Waals surface area (Å²) >= 11 is 1.29. The molecule has 124 valence electrons. The first kappa shape index (κ1) is 17.8. The van der Waals surface area contributed by atoms with Crippen LogP contribution in [0.2, 0.25) is 0 Å². The molecular weight excluding hydrogens is 340 g/mol. The predicted octanol–water partition coefficient (Wildman–Crippen LogP) is 4.20. The zero-order chi connectivity index (χ0) is 17.3. The zero-order valence-corrected chi connectivity index (χ0v) is 14.8. The Kier molecular flexibility index (Phi) is 5.05. The van der Waals surface area contributed by atoms with E-state index in [4.69, 9.17) is 0 Å². The fourth-order valence-electron chi connectivity index (χ4n) is 1.54. The Morgan fingerprint density at radius 3 is 2.57 bits per heavy atom. The molecule has 0 aliphatic rings. The van der Waals surface area contributed by atoms with Gasteiger partial charge in [-0.15, -0.1) is 11.3 Å².